The third-order valence-electron chi connectivity index (χ3n) is 6.62. The number of amides is 1. The van der Waals surface area contributed by atoms with Gasteiger partial charge in [0, 0.05) is 31.3 Å². The molecule has 1 aromatic rings. The van der Waals surface area contributed by atoms with Crippen LogP contribution in [-0.2, 0) is 4.79 Å². The molecule has 5 nitrogen and oxygen atoms in total. The van der Waals surface area contributed by atoms with Crippen molar-refractivity contribution in [3.8, 4) is 0 Å². The van der Waals surface area contributed by atoms with Gasteiger partial charge in [0.05, 0.1) is 0 Å². The van der Waals surface area contributed by atoms with Crippen LogP contribution in [-0.4, -0.2) is 34.0 Å². The van der Waals surface area contributed by atoms with Gasteiger partial charge in [-0.05, 0) is 37.0 Å². The average molecular weight is 329 g/mol. The van der Waals surface area contributed by atoms with E-state index >= 15 is 0 Å². The molecule has 3 saturated carbocycles. The molecular weight excluding hydrogens is 302 g/mol. The van der Waals surface area contributed by atoms with E-state index in [2.05, 4.69) is 5.16 Å². The van der Waals surface area contributed by atoms with E-state index in [9.17, 15) is 4.79 Å². The summed E-state index contributed by atoms with van der Waals surface area (Å²) in [6.07, 6.45) is 11.3. The molecular formula is C19H27N3O2. The van der Waals surface area contributed by atoms with Crippen molar-refractivity contribution in [2.75, 3.05) is 13.1 Å². The van der Waals surface area contributed by atoms with E-state index in [4.69, 9.17) is 9.51 Å². The van der Waals surface area contributed by atoms with Gasteiger partial charge < -0.3 is 9.42 Å². The van der Waals surface area contributed by atoms with Crippen LogP contribution in [0.5, 0.6) is 0 Å². The Balaban J connectivity index is 1.21. The molecule has 1 saturated heterocycles. The van der Waals surface area contributed by atoms with Gasteiger partial charge in [-0.3, -0.25) is 4.79 Å². The smallest absolute Gasteiger partial charge is 0.230 e. The van der Waals surface area contributed by atoms with Gasteiger partial charge in [-0.25, -0.2) is 0 Å². The Kier molecular flexibility index (Phi) is 3.64. The first-order valence-corrected chi connectivity index (χ1v) is 9.89. The van der Waals surface area contributed by atoms with Crippen LogP contribution < -0.4 is 0 Å². The van der Waals surface area contributed by atoms with Crippen molar-refractivity contribution in [1.82, 2.24) is 15.0 Å². The molecule has 3 aliphatic carbocycles. The van der Waals surface area contributed by atoms with E-state index in [0.717, 1.165) is 42.6 Å². The highest BCUT2D eigenvalue weighted by Gasteiger charge is 2.47. The number of carbonyl (C=O) groups excluding carboxylic acids is 1. The van der Waals surface area contributed by atoms with E-state index in [1.165, 1.54) is 51.4 Å². The first-order chi connectivity index (χ1) is 11.8. The Morgan fingerprint density at radius 2 is 1.96 bits per heavy atom. The molecule has 1 aliphatic heterocycles. The number of aromatic nitrogens is 2. The van der Waals surface area contributed by atoms with Crippen molar-refractivity contribution in [3.63, 3.8) is 0 Å². The summed E-state index contributed by atoms with van der Waals surface area (Å²) >= 11 is 0. The maximum atomic E-state index is 12.2. The van der Waals surface area contributed by atoms with Crippen molar-refractivity contribution >= 4 is 5.91 Å². The van der Waals surface area contributed by atoms with E-state index < -0.39 is 0 Å². The number of hydrogen-bond acceptors (Lipinski definition) is 4. The monoisotopic (exact) mass is 329 g/mol. The lowest BCUT2D eigenvalue weighted by Crippen LogP contribution is -2.27. The van der Waals surface area contributed by atoms with Gasteiger partial charge in [0.25, 0.3) is 0 Å². The van der Waals surface area contributed by atoms with E-state index in [-0.39, 0.29) is 11.8 Å². The second-order valence-corrected chi connectivity index (χ2v) is 8.54. The number of hydrogen-bond donors (Lipinski definition) is 0. The van der Waals surface area contributed by atoms with Gasteiger partial charge in [-0.15, -0.1) is 0 Å². The Morgan fingerprint density at radius 1 is 1.12 bits per heavy atom. The summed E-state index contributed by atoms with van der Waals surface area (Å²) < 4.78 is 5.60. The summed E-state index contributed by atoms with van der Waals surface area (Å²) in [4.78, 5) is 18.9. The highest BCUT2D eigenvalue weighted by Crippen LogP contribution is 2.54. The second kappa shape index (κ2) is 5.85. The van der Waals surface area contributed by atoms with Crippen LogP contribution in [0.2, 0.25) is 0 Å². The molecule has 0 N–H and O–H groups in total. The predicted octanol–water partition coefficient (Wildman–Crippen LogP) is 3.48. The Bertz CT molecular complexity index is 618. The van der Waals surface area contributed by atoms with Gasteiger partial charge in [-0.1, -0.05) is 37.3 Å². The van der Waals surface area contributed by atoms with E-state index in [1.807, 2.05) is 4.90 Å². The molecule has 3 atom stereocenters. The van der Waals surface area contributed by atoms with Crippen molar-refractivity contribution in [2.45, 2.75) is 69.6 Å². The lowest BCUT2D eigenvalue weighted by Gasteiger charge is -2.21. The maximum absolute atomic E-state index is 12.2. The minimum absolute atomic E-state index is 0.139. The highest BCUT2D eigenvalue weighted by atomic mass is 16.5. The fraction of sp³-hybridized carbons (Fsp3) is 0.842. The molecule has 5 rings (SSSR count). The quantitative estimate of drug-likeness (QED) is 0.830. The zero-order valence-corrected chi connectivity index (χ0v) is 14.3. The summed E-state index contributed by atoms with van der Waals surface area (Å²) in [6, 6.07) is 0. The SMILES string of the molecule is O=C1C[C@H](c2noc([C@H]3C[C@@H]3C3CCCCC3)n2)CN1CC1CC1. The standard InChI is InChI=1S/C19H27N3O2/c23-17-8-14(11-22(17)10-12-6-7-12)18-20-19(24-21-18)16-9-15(16)13-4-2-1-3-5-13/h12-16H,1-11H2/t14-,15+,16-/m0/s1. The van der Waals surface area contributed by atoms with Crippen LogP contribution in [0, 0.1) is 17.8 Å². The molecule has 4 aliphatic rings. The normalized spacial score (nSPS) is 34.1. The molecule has 0 spiro atoms. The molecule has 0 aromatic carbocycles. The first-order valence-electron chi connectivity index (χ1n) is 9.89. The molecule has 1 amide bonds. The number of carbonyl (C=O) groups is 1. The molecule has 2 heterocycles. The molecule has 4 fully saturated rings. The van der Waals surface area contributed by atoms with E-state index in [1.54, 1.807) is 0 Å². The Morgan fingerprint density at radius 3 is 2.75 bits per heavy atom. The molecule has 5 heteroatoms. The van der Waals surface area contributed by atoms with E-state index in [0.29, 0.717) is 12.3 Å². The second-order valence-electron chi connectivity index (χ2n) is 8.54. The lowest BCUT2D eigenvalue weighted by atomic mass is 9.85. The maximum Gasteiger partial charge on any atom is 0.230 e. The molecule has 0 bridgehead atoms. The lowest BCUT2D eigenvalue weighted by molar-refractivity contribution is -0.127. The largest absolute Gasteiger partial charge is 0.342 e. The summed E-state index contributed by atoms with van der Waals surface area (Å²) in [6.45, 7) is 1.72. The Labute approximate surface area is 143 Å². The third-order valence-corrected chi connectivity index (χ3v) is 6.62. The summed E-state index contributed by atoms with van der Waals surface area (Å²) in [7, 11) is 0. The molecule has 0 unspecified atom stereocenters. The summed E-state index contributed by atoms with van der Waals surface area (Å²) in [5.41, 5.74) is 0. The van der Waals surface area contributed by atoms with Crippen LogP contribution in [0.25, 0.3) is 0 Å². The molecule has 1 aromatic heterocycles. The third kappa shape index (κ3) is 2.86. The van der Waals surface area contributed by atoms with Gasteiger partial charge >= 0.3 is 0 Å². The number of likely N-dealkylation sites (tertiary alicyclic amines) is 1. The molecule has 0 radical (unpaired) electrons. The first kappa shape index (κ1) is 14.9. The van der Waals surface area contributed by atoms with Gasteiger partial charge in [-0.2, -0.15) is 4.98 Å². The van der Waals surface area contributed by atoms with Crippen LogP contribution in [0.4, 0.5) is 0 Å². The van der Waals surface area contributed by atoms with Gasteiger partial charge in [0.2, 0.25) is 11.8 Å². The predicted molar refractivity (Wildman–Crippen MR) is 88.4 cm³/mol. The molecule has 24 heavy (non-hydrogen) atoms. The number of nitrogens with zero attached hydrogens (tertiary/aromatic N) is 3. The zero-order valence-electron chi connectivity index (χ0n) is 14.3. The van der Waals surface area contributed by atoms with Crippen molar-refractivity contribution in [1.29, 1.82) is 0 Å². The number of rotatable bonds is 5. The van der Waals surface area contributed by atoms with Gasteiger partial charge in [0.15, 0.2) is 5.82 Å². The summed E-state index contributed by atoms with van der Waals surface area (Å²) in [5.74, 6) is 4.91. The van der Waals surface area contributed by atoms with Crippen LogP contribution in [0.15, 0.2) is 4.52 Å². The topological polar surface area (TPSA) is 59.2 Å². The molecule has 130 valence electrons. The minimum atomic E-state index is 0.139. The van der Waals surface area contributed by atoms with Crippen LogP contribution >= 0.6 is 0 Å². The van der Waals surface area contributed by atoms with Gasteiger partial charge in [0.1, 0.15) is 0 Å². The fourth-order valence-corrected chi connectivity index (χ4v) is 4.88. The van der Waals surface area contributed by atoms with Crippen LogP contribution in [0.3, 0.4) is 0 Å². The van der Waals surface area contributed by atoms with Crippen molar-refractivity contribution in [2.24, 2.45) is 17.8 Å². The van der Waals surface area contributed by atoms with Crippen LogP contribution in [0.1, 0.15) is 81.3 Å². The zero-order chi connectivity index (χ0) is 16.1. The summed E-state index contributed by atoms with van der Waals surface area (Å²) in [5, 5.41) is 4.24. The van der Waals surface area contributed by atoms with Crippen molar-refractivity contribution in [3.05, 3.63) is 11.7 Å². The highest BCUT2D eigenvalue weighted by molar-refractivity contribution is 5.79. The fourth-order valence-electron chi connectivity index (χ4n) is 4.88. The Hall–Kier alpha value is -1.39. The van der Waals surface area contributed by atoms with Crippen molar-refractivity contribution < 1.29 is 9.32 Å². The average Bonchev–Trinajstić information content (AvgIpc) is 3.50. The minimum Gasteiger partial charge on any atom is -0.342 e.